The van der Waals surface area contributed by atoms with Crippen LogP contribution in [0.3, 0.4) is 0 Å². The first-order valence-corrected chi connectivity index (χ1v) is 8.00. The normalized spacial score (nSPS) is 15.4. The quantitative estimate of drug-likeness (QED) is 0.811. The molecule has 0 saturated carbocycles. The molecule has 118 valence electrons. The summed E-state index contributed by atoms with van der Waals surface area (Å²) in [5.74, 6) is 0.863. The molecule has 0 aliphatic carbocycles. The smallest absolute Gasteiger partial charge is 0.223 e. The van der Waals surface area contributed by atoms with E-state index in [-0.39, 0.29) is 11.8 Å². The molecular formula is C16H23N5O. The fourth-order valence-corrected chi connectivity index (χ4v) is 2.73. The van der Waals surface area contributed by atoms with Gasteiger partial charge in [-0.15, -0.1) is 0 Å². The third-order valence-corrected chi connectivity index (χ3v) is 4.03. The number of carbonyl (C=O) groups is 1. The van der Waals surface area contributed by atoms with Crippen LogP contribution in [0.5, 0.6) is 0 Å². The molecule has 0 spiro atoms. The van der Waals surface area contributed by atoms with E-state index in [0.29, 0.717) is 11.5 Å². The first-order chi connectivity index (χ1) is 10.8. The number of carbonyl (C=O) groups excluding carboxylic acids is 1. The van der Waals surface area contributed by atoms with Crippen LogP contribution in [0.4, 0.5) is 5.82 Å². The molecule has 0 radical (unpaired) electrons. The molecule has 1 aromatic rings. The zero-order chi connectivity index (χ0) is 15.8. The van der Waals surface area contributed by atoms with Gasteiger partial charge in [-0.1, -0.05) is 19.8 Å². The van der Waals surface area contributed by atoms with Crippen molar-refractivity contribution in [3.63, 3.8) is 0 Å². The largest absolute Gasteiger partial charge is 0.356 e. The molecule has 1 N–H and O–H groups in total. The highest BCUT2D eigenvalue weighted by Gasteiger charge is 2.26. The molecule has 1 aliphatic rings. The summed E-state index contributed by atoms with van der Waals surface area (Å²) in [6.45, 7) is 4.40. The van der Waals surface area contributed by atoms with Gasteiger partial charge in [0.1, 0.15) is 6.07 Å². The molecular weight excluding hydrogens is 278 g/mol. The number of nitrogens with one attached hydrogen (secondary N) is 1. The van der Waals surface area contributed by atoms with E-state index >= 15 is 0 Å². The molecule has 6 nitrogen and oxygen atoms in total. The summed E-state index contributed by atoms with van der Waals surface area (Å²) >= 11 is 0. The Kier molecular flexibility index (Phi) is 6.13. The van der Waals surface area contributed by atoms with E-state index in [1.165, 1.54) is 6.20 Å². The number of aromatic nitrogens is 2. The highest BCUT2D eigenvalue weighted by molar-refractivity contribution is 5.79. The molecule has 0 bridgehead atoms. The molecule has 1 fully saturated rings. The summed E-state index contributed by atoms with van der Waals surface area (Å²) in [5, 5.41) is 12.1. The number of rotatable bonds is 6. The molecule has 1 amide bonds. The van der Waals surface area contributed by atoms with Gasteiger partial charge in [-0.25, -0.2) is 9.97 Å². The topological polar surface area (TPSA) is 81.9 Å². The zero-order valence-electron chi connectivity index (χ0n) is 13.1. The maximum absolute atomic E-state index is 12.1. The van der Waals surface area contributed by atoms with Crippen molar-refractivity contribution >= 4 is 11.7 Å². The molecule has 1 saturated heterocycles. The van der Waals surface area contributed by atoms with Crippen LogP contribution in [0.1, 0.15) is 44.7 Å². The summed E-state index contributed by atoms with van der Waals surface area (Å²) in [4.78, 5) is 22.5. The maximum atomic E-state index is 12.1. The Morgan fingerprint density at radius 1 is 1.36 bits per heavy atom. The Bertz CT molecular complexity index is 532. The highest BCUT2D eigenvalue weighted by atomic mass is 16.1. The lowest BCUT2D eigenvalue weighted by Crippen LogP contribution is -2.41. The van der Waals surface area contributed by atoms with E-state index in [1.54, 1.807) is 6.20 Å². The van der Waals surface area contributed by atoms with Crippen LogP contribution >= 0.6 is 0 Å². The molecule has 2 rings (SSSR count). The summed E-state index contributed by atoms with van der Waals surface area (Å²) in [5.41, 5.74) is 0.352. The Balaban J connectivity index is 1.83. The number of piperidine rings is 1. The van der Waals surface area contributed by atoms with Crippen LogP contribution in [-0.4, -0.2) is 35.5 Å². The van der Waals surface area contributed by atoms with Crippen LogP contribution in [-0.2, 0) is 4.79 Å². The first-order valence-electron chi connectivity index (χ1n) is 8.00. The van der Waals surface area contributed by atoms with Gasteiger partial charge >= 0.3 is 0 Å². The first kappa shape index (κ1) is 16.2. The summed E-state index contributed by atoms with van der Waals surface area (Å²) in [6, 6.07) is 2.07. The van der Waals surface area contributed by atoms with E-state index in [0.717, 1.165) is 51.7 Å². The molecule has 1 aromatic heterocycles. The number of nitrogens with zero attached hydrogens (tertiary/aromatic N) is 4. The van der Waals surface area contributed by atoms with Crippen molar-refractivity contribution < 1.29 is 4.79 Å². The molecule has 22 heavy (non-hydrogen) atoms. The monoisotopic (exact) mass is 301 g/mol. The van der Waals surface area contributed by atoms with Crippen LogP contribution in [0.25, 0.3) is 0 Å². The van der Waals surface area contributed by atoms with Crippen molar-refractivity contribution in [1.29, 1.82) is 5.26 Å². The van der Waals surface area contributed by atoms with Crippen LogP contribution in [0, 0.1) is 17.2 Å². The Labute approximate surface area is 131 Å². The average molecular weight is 301 g/mol. The van der Waals surface area contributed by atoms with Crippen molar-refractivity contribution in [3.8, 4) is 6.07 Å². The number of hydrogen-bond donors (Lipinski definition) is 1. The van der Waals surface area contributed by atoms with E-state index < -0.39 is 0 Å². The minimum atomic E-state index is 0.0695. The molecule has 6 heteroatoms. The van der Waals surface area contributed by atoms with Crippen molar-refractivity contribution in [2.45, 2.75) is 39.0 Å². The van der Waals surface area contributed by atoms with E-state index in [1.807, 2.05) is 4.90 Å². The van der Waals surface area contributed by atoms with Gasteiger partial charge in [-0.05, 0) is 19.3 Å². The number of unbranched alkanes of at least 4 members (excludes halogenated alkanes) is 2. The van der Waals surface area contributed by atoms with E-state index in [2.05, 4.69) is 28.3 Å². The van der Waals surface area contributed by atoms with Gasteiger partial charge in [-0.2, -0.15) is 5.26 Å². The SMILES string of the molecule is CCCCCNC(=O)C1CCN(c2nccnc2C#N)CC1. The predicted octanol–water partition coefficient (Wildman–Crippen LogP) is 1.87. The standard InChI is InChI=1S/C16H23N5O/c1-2-3-4-7-20-16(22)13-5-10-21(11-6-13)15-14(12-17)18-8-9-19-15/h8-9,13H,2-7,10-11H2,1H3,(H,20,22). The lowest BCUT2D eigenvalue weighted by molar-refractivity contribution is -0.125. The van der Waals surface area contributed by atoms with E-state index in [9.17, 15) is 4.79 Å². The van der Waals surface area contributed by atoms with Gasteiger partial charge in [0.15, 0.2) is 11.5 Å². The van der Waals surface area contributed by atoms with Crippen molar-refractivity contribution in [2.24, 2.45) is 5.92 Å². The zero-order valence-corrected chi connectivity index (χ0v) is 13.1. The van der Waals surface area contributed by atoms with Gasteiger partial charge < -0.3 is 10.2 Å². The van der Waals surface area contributed by atoms with Gasteiger partial charge in [0.25, 0.3) is 0 Å². The van der Waals surface area contributed by atoms with Gasteiger partial charge in [-0.3, -0.25) is 4.79 Å². The van der Waals surface area contributed by atoms with Crippen molar-refractivity contribution in [2.75, 3.05) is 24.5 Å². The third kappa shape index (κ3) is 4.17. The van der Waals surface area contributed by atoms with Crippen molar-refractivity contribution in [1.82, 2.24) is 15.3 Å². The van der Waals surface area contributed by atoms with Crippen LogP contribution in [0.2, 0.25) is 0 Å². The Hall–Kier alpha value is -2.16. The van der Waals surface area contributed by atoms with Crippen LogP contribution < -0.4 is 10.2 Å². The Morgan fingerprint density at radius 2 is 2.09 bits per heavy atom. The van der Waals surface area contributed by atoms with E-state index in [4.69, 9.17) is 5.26 Å². The number of nitriles is 1. The Morgan fingerprint density at radius 3 is 2.77 bits per heavy atom. The van der Waals surface area contributed by atoms with Crippen molar-refractivity contribution in [3.05, 3.63) is 18.1 Å². The predicted molar refractivity (Wildman–Crippen MR) is 84.2 cm³/mol. The molecule has 0 unspecified atom stereocenters. The maximum Gasteiger partial charge on any atom is 0.223 e. The minimum Gasteiger partial charge on any atom is -0.356 e. The van der Waals surface area contributed by atoms with Gasteiger partial charge in [0.05, 0.1) is 0 Å². The summed E-state index contributed by atoms with van der Waals surface area (Å²) in [7, 11) is 0. The lowest BCUT2D eigenvalue weighted by Gasteiger charge is -2.32. The number of hydrogen-bond acceptors (Lipinski definition) is 5. The lowest BCUT2D eigenvalue weighted by atomic mass is 9.95. The second-order valence-electron chi connectivity index (χ2n) is 5.60. The summed E-state index contributed by atoms with van der Waals surface area (Å²) in [6.07, 6.45) is 8.07. The number of amides is 1. The van der Waals surface area contributed by atoms with Gasteiger partial charge in [0.2, 0.25) is 5.91 Å². The fraction of sp³-hybridized carbons (Fsp3) is 0.625. The molecule has 2 heterocycles. The minimum absolute atomic E-state index is 0.0695. The fourth-order valence-electron chi connectivity index (χ4n) is 2.73. The average Bonchev–Trinajstić information content (AvgIpc) is 2.58. The molecule has 0 atom stereocenters. The third-order valence-electron chi connectivity index (χ3n) is 4.03. The van der Waals surface area contributed by atoms with Gasteiger partial charge in [0, 0.05) is 37.9 Å². The summed E-state index contributed by atoms with van der Waals surface area (Å²) < 4.78 is 0. The highest BCUT2D eigenvalue weighted by Crippen LogP contribution is 2.23. The second-order valence-corrected chi connectivity index (χ2v) is 5.60. The van der Waals surface area contributed by atoms with Crippen LogP contribution in [0.15, 0.2) is 12.4 Å². The second kappa shape index (κ2) is 8.32. The molecule has 1 aliphatic heterocycles. The number of anilines is 1. The molecule has 0 aromatic carbocycles.